The monoisotopic (exact) mass is 1770 g/mol. The summed E-state index contributed by atoms with van der Waals surface area (Å²) >= 11 is 0. The maximum atomic E-state index is 13.1. The van der Waals surface area contributed by atoms with Gasteiger partial charge >= 0.3 is 107 Å². The molecule has 0 aliphatic carbocycles. The van der Waals surface area contributed by atoms with Gasteiger partial charge in [-0.2, -0.15) is 0 Å². The summed E-state index contributed by atoms with van der Waals surface area (Å²) in [6.45, 7) is -9.77. The fraction of sp³-hybridized carbons (Fsp3) is 0.638. The van der Waals surface area contributed by atoms with Gasteiger partial charge in [0.05, 0.1) is 137 Å². The Kier molecular flexibility index (Phi) is 52.3. The zero-order valence-corrected chi connectivity index (χ0v) is 62.1. The Morgan fingerprint density at radius 1 is 0.252 bits per heavy atom. The topological polar surface area (TPSA) is 682 Å². The molecule has 604 valence electrons. The maximum absolute atomic E-state index is 13.1. The first-order valence-corrected chi connectivity index (χ1v) is 31.2. The number of ketones is 2. The first-order chi connectivity index (χ1) is 49.9. The van der Waals surface area contributed by atoms with Gasteiger partial charge in [-0.1, -0.05) is 0 Å². The second-order valence-corrected chi connectivity index (χ2v) is 23.2. The van der Waals surface area contributed by atoms with Crippen molar-refractivity contribution in [3.05, 3.63) is 7.40 Å². The third kappa shape index (κ3) is 57.7. The molecule has 2 aliphatic heterocycles. The Labute approximate surface area is 634 Å². The third-order valence-electron chi connectivity index (χ3n) is 13.9. The van der Waals surface area contributed by atoms with Crippen LogP contribution in [0.5, 0.6) is 0 Å². The molecule has 2 aliphatic rings. The van der Waals surface area contributed by atoms with Gasteiger partial charge < -0.3 is 88.4 Å². The minimum atomic E-state index is -1.35. The number of carboxylic acids is 14. The molecule has 0 amide bonds. The molecule has 2 rings (SSSR count). The Morgan fingerprint density at radius 3 is 0.542 bits per heavy atom. The van der Waals surface area contributed by atoms with E-state index in [1.165, 1.54) is 14.7 Å². The van der Waals surface area contributed by atoms with E-state index in [9.17, 15) is 95.9 Å². The Bertz CT molecular complexity index is 2660. The molecule has 0 unspecified atom stereocenters. The molecule has 2 fully saturated rings. The normalized spacial score (nSPS) is 13.2. The van der Waals surface area contributed by atoms with Gasteiger partial charge in [0.25, 0.3) is 0 Å². The van der Waals surface area contributed by atoms with Crippen molar-refractivity contribution < 1.29 is 209 Å². The van der Waals surface area contributed by atoms with Gasteiger partial charge in [0, 0.05) is 136 Å². The number of morpholine rings is 2. The fourth-order valence-electron chi connectivity index (χ4n) is 9.68. The quantitative estimate of drug-likeness (QED) is 0.0153. The maximum Gasteiger partial charge on any atom is 0.327 e. The van der Waals surface area contributed by atoms with E-state index in [0.717, 1.165) is 29.4 Å². The van der Waals surface area contributed by atoms with Crippen molar-refractivity contribution in [3.8, 4) is 0 Å². The van der Waals surface area contributed by atoms with E-state index >= 15 is 0 Å². The molecule has 2 heterocycles. The zero-order valence-electron chi connectivity index (χ0n) is 59.0. The second-order valence-electron chi connectivity index (χ2n) is 23.2. The Morgan fingerprint density at radius 2 is 0.383 bits per heavy atom. The zero-order chi connectivity index (χ0) is 82.1. The van der Waals surface area contributed by atoms with Crippen molar-refractivity contribution in [2.24, 2.45) is 0 Å². The minimum Gasteiger partial charge on any atom is -0.480 e. The Hall–Kier alpha value is -9.23. The summed E-state index contributed by atoms with van der Waals surface area (Å²) in [7, 11) is 2.50. The number of carbonyl (C=O) groups is 20. The molecule has 0 atom stereocenters. The van der Waals surface area contributed by atoms with Crippen molar-refractivity contribution >= 4 is 119 Å². The van der Waals surface area contributed by atoms with Crippen LogP contribution in [-0.4, -0.2) is 485 Å². The molecule has 107 heavy (non-hydrogen) atoms. The van der Waals surface area contributed by atoms with Gasteiger partial charge in [-0.05, 0) is 0 Å². The number of nitrogens with zero attached hydrogens (tertiary/aromatic N) is 12. The van der Waals surface area contributed by atoms with Crippen LogP contribution in [0.15, 0.2) is 0 Å². The van der Waals surface area contributed by atoms with E-state index in [-0.39, 0.29) is 142 Å². The molecule has 0 aromatic heterocycles. The molecule has 0 aromatic carbocycles. The fourth-order valence-corrected chi connectivity index (χ4v) is 9.68. The van der Waals surface area contributed by atoms with E-state index in [0.29, 0.717) is 26.2 Å². The summed E-state index contributed by atoms with van der Waals surface area (Å²) < 4.78 is 14.4. The van der Waals surface area contributed by atoms with Gasteiger partial charge in [0.2, 0.25) is 0 Å². The molecule has 49 heteroatoms. The van der Waals surface area contributed by atoms with Crippen molar-refractivity contribution in [2.75, 3.05) is 236 Å². The molecular weight excluding hydrogens is 1680 g/mol. The molecule has 0 radical (unpaired) electrons. The van der Waals surface area contributed by atoms with Crippen LogP contribution in [0.4, 0.5) is 0 Å². The second kappa shape index (κ2) is 56.1. The number of Topliss-reactive ketones (excluding diaryl/α,β-unsaturated/α-hetero) is 2. The molecule has 14 N–H and O–H groups in total. The van der Waals surface area contributed by atoms with Crippen LogP contribution in [-0.2, 0) is 105 Å². The predicted molar refractivity (Wildman–Crippen MR) is 347 cm³/mol. The summed E-state index contributed by atoms with van der Waals surface area (Å²) in [5.74, 6) is -21.9. The minimum absolute atomic E-state index is 0. The van der Waals surface area contributed by atoms with Crippen LogP contribution in [0.1, 0.15) is 7.79 Å². The van der Waals surface area contributed by atoms with Crippen molar-refractivity contribution in [3.63, 3.8) is 0 Å². The third-order valence-corrected chi connectivity index (χ3v) is 13.9. The SMILES string of the molecule is O=C(O)CN(CCN(CC(=O)O)CC(=O)O)CCN(CC(=O)O)CC(=O)O.O=C(O)CN(CCN(CCN(CC(=O)O)CC(=O)O)CC(=O)CC(=O)CN(CCN(CC(=O)O)CC(=O)O)CCN(CC(=O)O)CC(=O)O)CC(=O)O.O=C(O)CN(CCN1CC(=O)OC(=O)C1)CCN1CC(=O)OC(=O)C1.[2H][CH2-].[U]. The van der Waals surface area contributed by atoms with Crippen LogP contribution in [0.2, 0.25) is 0 Å². The number of carbonyl (C=O) groups excluding carboxylic acids is 6. The predicted octanol–water partition coefficient (Wildman–Crippen LogP) is -10.1. The van der Waals surface area contributed by atoms with E-state index in [4.69, 9.17) is 72.9 Å². The summed E-state index contributed by atoms with van der Waals surface area (Å²) in [5, 5.41) is 126. The molecule has 0 spiro atoms. The number of esters is 4. The number of hydrogen-bond donors (Lipinski definition) is 14. The number of hydrogen-bond acceptors (Lipinski definition) is 34. The van der Waals surface area contributed by atoms with E-state index in [1.54, 1.807) is 14.7 Å². The van der Waals surface area contributed by atoms with E-state index in [1.807, 2.05) is 0 Å². The first-order valence-electron chi connectivity index (χ1n) is 31.9. The summed E-state index contributed by atoms with van der Waals surface area (Å²) in [6.07, 6.45) is -0.725. The first kappa shape index (κ1) is 99.8. The summed E-state index contributed by atoms with van der Waals surface area (Å²) in [4.78, 5) is 241. The molecule has 0 aromatic rings. The molecule has 0 saturated carbocycles. The Balaban J connectivity index is -0.00000167. The number of ether oxygens (including phenoxy) is 2. The van der Waals surface area contributed by atoms with E-state index in [2.05, 4.69) is 16.9 Å². The standard InChI is InChI=1S/C29H46N6O18.C14H23N3O10.C14H19N3O8.CH3.U/c36-20(10-30(1-5-32(12-22(38)39)13-23(40)41)2-6-33(14-24(42)43)15-25(44)45)9-21(37)11-31(3-7-34(16-26(46)47)17-27(48)49)4-8-35(18-28(50)51)19-29(52)53;18-10(19)5-15(1-3-16(6-11(20)21)7-12(22)23)2-4-17(8-13(24)25)9-14(26)27;18-10(19)5-15(1-3-16-6-11(20)24-12(21)7-16)2-4-17-8-13(22)25-14(23)9-17;;/h1-19H2,(H,38,39)(H,40,41)(H,42,43)(H,44,45)(H,46,47)(H,48,49)(H,50,51)(H,52,53);1-9H2,(H,18,19)(H,20,21)(H,22,23)(H,24,25)(H,26,27);1-9H2,(H,18,19);1H3;/q;;;-1;/i;;;1D;. The summed E-state index contributed by atoms with van der Waals surface area (Å²) in [5.41, 5.74) is 0. The van der Waals surface area contributed by atoms with Gasteiger partial charge in [-0.15, -0.1) is 0 Å². The van der Waals surface area contributed by atoms with Gasteiger partial charge in [-0.3, -0.25) is 155 Å². The van der Waals surface area contributed by atoms with Crippen LogP contribution in [0, 0.1) is 38.5 Å². The van der Waals surface area contributed by atoms with Gasteiger partial charge in [0.15, 0.2) is 11.6 Å². The smallest absolute Gasteiger partial charge is 0.327 e. The largest absolute Gasteiger partial charge is 0.480 e. The van der Waals surface area contributed by atoms with Crippen LogP contribution < -0.4 is 0 Å². The van der Waals surface area contributed by atoms with Crippen molar-refractivity contribution in [1.82, 2.24) is 58.8 Å². The van der Waals surface area contributed by atoms with Gasteiger partial charge in [0.1, 0.15) is 0 Å². The molecule has 2 saturated heterocycles. The number of cyclic esters (lactones) is 4. The van der Waals surface area contributed by atoms with Crippen LogP contribution >= 0.6 is 0 Å². The average molecular weight is 1770 g/mol. The van der Waals surface area contributed by atoms with Crippen molar-refractivity contribution in [1.29, 1.82) is 0 Å². The van der Waals surface area contributed by atoms with Crippen molar-refractivity contribution in [2.45, 2.75) is 6.42 Å². The number of carboxylic acid groups (broad SMARTS) is 14. The molecule has 0 bridgehead atoms. The summed E-state index contributed by atoms with van der Waals surface area (Å²) in [6, 6.07) is 0. The number of rotatable bonds is 58. The molecular formula is C58H91N12O36U-. The van der Waals surface area contributed by atoms with Crippen LogP contribution in [0.25, 0.3) is 0 Å². The van der Waals surface area contributed by atoms with Crippen LogP contribution in [0.3, 0.4) is 0 Å². The number of aliphatic carboxylic acids is 14. The van der Waals surface area contributed by atoms with Gasteiger partial charge in [-0.25, -0.2) is 1.37 Å². The average Bonchev–Trinajstić information content (AvgIpc) is 0.878. The van der Waals surface area contributed by atoms with E-state index < -0.39 is 224 Å². The molecule has 48 nitrogen and oxygen atoms in total.